The van der Waals surface area contributed by atoms with Crippen LogP contribution in [0.4, 0.5) is 5.69 Å². The summed E-state index contributed by atoms with van der Waals surface area (Å²) < 4.78 is 0. The van der Waals surface area contributed by atoms with Crippen molar-refractivity contribution in [2.75, 3.05) is 31.1 Å². The molecule has 0 N–H and O–H groups in total. The Bertz CT molecular complexity index is 400. The van der Waals surface area contributed by atoms with Crippen molar-refractivity contribution in [1.29, 1.82) is 0 Å². The van der Waals surface area contributed by atoms with E-state index in [0.29, 0.717) is 0 Å². The Labute approximate surface area is 109 Å². The van der Waals surface area contributed by atoms with Crippen LogP contribution in [0, 0.1) is 5.41 Å². The number of hydrogen-bond acceptors (Lipinski definition) is 2. The molecule has 1 heterocycles. The van der Waals surface area contributed by atoms with E-state index < -0.39 is 0 Å². The molecule has 0 atom stereocenters. The normalized spacial score (nSPS) is 16.8. The lowest BCUT2D eigenvalue weighted by atomic mass is 9.94. The predicted octanol–water partition coefficient (Wildman–Crippen LogP) is 2.38. The maximum atomic E-state index is 12.2. The summed E-state index contributed by atoms with van der Waals surface area (Å²) >= 11 is 0. The second kappa shape index (κ2) is 5.01. The van der Waals surface area contributed by atoms with Gasteiger partial charge in [0.2, 0.25) is 5.91 Å². The Hall–Kier alpha value is -1.51. The molecule has 0 unspecified atom stereocenters. The van der Waals surface area contributed by atoms with Gasteiger partial charge in [-0.15, -0.1) is 0 Å². The fourth-order valence-corrected chi connectivity index (χ4v) is 2.28. The zero-order chi connectivity index (χ0) is 13.2. The van der Waals surface area contributed by atoms with Crippen LogP contribution in [0.3, 0.4) is 0 Å². The van der Waals surface area contributed by atoms with Gasteiger partial charge in [0, 0.05) is 37.3 Å². The Balaban J connectivity index is 1.95. The highest BCUT2D eigenvalue weighted by molar-refractivity contribution is 5.81. The quantitative estimate of drug-likeness (QED) is 0.759. The number of anilines is 1. The third kappa shape index (κ3) is 2.84. The Kier molecular flexibility index (Phi) is 3.60. The molecule has 1 fully saturated rings. The summed E-state index contributed by atoms with van der Waals surface area (Å²) in [5.41, 5.74) is 0.981. The molecule has 0 aliphatic carbocycles. The first-order valence-electron chi connectivity index (χ1n) is 6.58. The van der Waals surface area contributed by atoms with Crippen LogP contribution < -0.4 is 4.90 Å². The second-order valence-electron chi connectivity index (χ2n) is 5.86. The number of amides is 1. The van der Waals surface area contributed by atoms with Gasteiger partial charge in [-0.3, -0.25) is 4.79 Å². The molecule has 1 amide bonds. The largest absolute Gasteiger partial charge is 0.368 e. The predicted molar refractivity (Wildman–Crippen MR) is 74.7 cm³/mol. The Morgan fingerprint density at radius 1 is 1.00 bits per heavy atom. The topological polar surface area (TPSA) is 23.6 Å². The van der Waals surface area contributed by atoms with Crippen LogP contribution in [-0.2, 0) is 4.79 Å². The van der Waals surface area contributed by atoms with Gasteiger partial charge in [-0.2, -0.15) is 0 Å². The van der Waals surface area contributed by atoms with Crippen molar-refractivity contribution in [1.82, 2.24) is 4.90 Å². The minimum absolute atomic E-state index is 0.259. The van der Waals surface area contributed by atoms with E-state index in [1.54, 1.807) is 0 Å². The molecule has 1 aromatic carbocycles. The molecule has 1 aliphatic heterocycles. The fourth-order valence-electron chi connectivity index (χ4n) is 2.28. The van der Waals surface area contributed by atoms with Crippen molar-refractivity contribution in [2.45, 2.75) is 20.8 Å². The van der Waals surface area contributed by atoms with Crippen molar-refractivity contribution in [2.24, 2.45) is 5.41 Å². The third-order valence-electron chi connectivity index (χ3n) is 3.33. The summed E-state index contributed by atoms with van der Waals surface area (Å²) in [6.07, 6.45) is 0. The molecule has 0 aromatic heterocycles. The summed E-state index contributed by atoms with van der Waals surface area (Å²) in [6, 6.07) is 10.4. The number of piperazine rings is 1. The zero-order valence-corrected chi connectivity index (χ0v) is 11.5. The molecule has 98 valence electrons. The first-order valence-corrected chi connectivity index (χ1v) is 6.58. The monoisotopic (exact) mass is 246 g/mol. The second-order valence-corrected chi connectivity index (χ2v) is 5.86. The molecule has 18 heavy (non-hydrogen) atoms. The molecule has 0 saturated carbocycles. The zero-order valence-electron chi connectivity index (χ0n) is 11.5. The number of carbonyl (C=O) groups excluding carboxylic acids is 1. The van der Waals surface area contributed by atoms with Crippen molar-refractivity contribution in [3.63, 3.8) is 0 Å². The molecule has 1 saturated heterocycles. The molecule has 0 spiro atoms. The highest BCUT2D eigenvalue weighted by Crippen LogP contribution is 2.20. The average Bonchev–Trinajstić information content (AvgIpc) is 2.38. The van der Waals surface area contributed by atoms with Gasteiger partial charge in [0.1, 0.15) is 0 Å². The lowest BCUT2D eigenvalue weighted by Crippen LogP contribution is -2.51. The first-order chi connectivity index (χ1) is 8.48. The number of carbonyl (C=O) groups is 1. The summed E-state index contributed by atoms with van der Waals surface area (Å²) in [5, 5.41) is 0. The minimum atomic E-state index is -0.269. The van der Waals surface area contributed by atoms with Crippen molar-refractivity contribution < 1.29 is 4.79 Å². The lowest BCUT2D eigenvalue weighted by molar-refractivity contribution is -0.139. The molecule has 0 radical (unpaired) electrons. The third-order valence-corrected chi connectivity index (χ3v) is 3.33. The summed E-state index contributed by atoms with van der Waals surface area (Å²) in [7, 11) is 0. The molecule has 3 nitrogen and oxygen atoms in total. The average molecular weight is 246 g/mol. The van der Waals surface area contributed by atoms with Gasteiger partial charge in [-0.05, 0) is 12.1 Å². The molecule has 2 rings (SSSR count). The Morgan fingerprint density at radius 2 is 1.56 bits per heavy atom. The SMILES string of the molecule is CC(C)(C)C(=O)N1CCN(c2ccccc2)CC1. The van der Waals surface area contributed by atoms with Crippen molar-refractivity contribution >= 4 is 11.6 Å². The van der Waals surface area contributed by atoms with Crippen molar-refractivity contribution in [3.05, 3.63) is 30.3 Å². The van der Waals surface area contributed by atoms with E-state index in [2.05, 4.69) is 29.2 Å². The van der Waals surface area contributed by atoms with E-state index in [9.17, 15) is 4.79 Å². The number of para-hydroxylation sites is 1. The molecule has 1 aromatic rings. The first kappa shape index (κ1) is 12.9. The van der Waals surface area contributed by atoms with Crippen molar-refractivity contribution in [3.8, 4) is 0 Å². The van der Waals surface area contributed by atoms with Crippen LogP contribution in [0.15, 0.2) is 30.3 Å². The Morgan fingerprint density at radius 3 is 2.06 bits per heavy atom. The van der Waals surface area contributed by atoms with E-state index in [0.717, 1.165) is 26.2 Å². The highest BCUT2D eigenvalue weighted by atomic mass is 16.2. The van der Waals surface area contributed by atoms with E-state index in [1.165, 1.54) is 5.69 Å². The van der Waals surface area contributed by atoms with Crippen LogP contribution in [-0.4, -0.2) is 37.0 Å². The van der Waals surface area contributed by atoms with Gasteiger partial charge < -0.3 is 9.80 Å². The summed E-state index contributed by atoms with van der Waals surface area (Å²) in [6.45, 7) is 9.45. The molecule has 3 heteroatoms. The van der Waals surface area contributed by atoms with Crippen LogP contribution in [0.25, 0.3) is 0 Å². The van der Waals surface area contributed by atoms with Gasteiger partial charge >= 0.3 is 0 Å². The van der Waals surface area contributed by atoms with Gasteiger partial charge in [0.15, 0.2) is 0 Å². The maximum absolute atomic E-state index is 12.2. The number of rotatable bonds is 1. The van der Waals surface area contributed by atoms with Crippen LogP contribution in [0.5, 0.6) is 0 Å². The number of hydrogen-bond donors (Lipinski definition) is 0. The summed E-state index contributed by atoms with van der Waals surface area (Å²) in [4.78, 5) is 16.5. The van der Waals surface area contributed by atoms with Gasteiger partial charge in [0.25, 0.3) is 0 Å². The minimum Gasteiger partial charge on any atom is -0.368 e. The van der Waals surface area contributed by atoms with Crippen LogP contribution >= 0.6 is 0 Å². The van der Waals surface area contributed by atoms with E-state index in [-0.39, 0.29) is 11.3 Å². The van der Waals surface area contributed by atoms with Gasteiger partial charge in [0.05, 0.1) is 0 Å². The maximum Gasteiger partial charge on any atom is 0.228 e. The van der Waals surface area contributed by atoms with E-state index >= 15 is 0 Å². The highest BCUT2D eigenvalue weighted by Gasteiger charge is 2.29. The van der Waals surface area contributed by atoms with Crippen LogP contribution in [0.2, 0.25) is 0 Å². The smallest absolute Gasteiger partial charge is 0.228 e. The van der Waals surface area contributed by atoms with E-state index in [4.69, 9.17) is 0 Å². The fraction of sp³-hybridized carbons (Fsp3) is 0.533. The van der Waals surface area contributed by atoms with Gasteiger partial charge in [-0.25, -0.2) is 0 Å². The standard InChI is InChI=1S/C15H22N2O/c1-15(2,3)14(18)17-11-9-16(10-12-17)13-7-5-4-6-8-13/h4-8H,9-12H2,1-3H3. The molecular weight excluding hydrogens is 224 g/mol. The summed E-state index contributed by atoms with van der Waals surface area (Å²) in [5.74, 6) is 0.259. The number of nitrogens with zero attached hydrogens (tertiary/aromatic N) is 2. The van der Waals surface area contributed by atoms with Gasteiger partial charge in [-0.1, -0.05) is 39.0 Å². The molecular formula is C15H22N2O. The molecule has 1 aliphatic rings. The van der Waals surface area contributed by atoms with Crippen LogP contribution in [0.1, 0.15) is 20.8 Å². The molecule has 0 bridgehead atoms. The van der Waals surface area contributed by atoms with E-state index in [1.807, 2.05) is 31.7 Å². The number of benzene rings is 1. The lowest BCUT2D eigenvalue weighted by Gasteiger charge is -2.38.